The van der Waals surface area contributed by atoms with Crippen LogP contribution in [0.1, 0.15) is 11.5 Å². The highest BCUT2D eigenvalue weighted by Crippen LogP contribution is 2.07. The van der Waals surface area contributed by atoms with Crippen LogP contribution in [-0.2, 0) is 23.5 Å². The normalized spacial score (nSPS) is 11.2. The van der Waals surface area contributed by atoms with Gasteiger partial charge >= 0.3 is 0 Å². The molecule has 2 aromatic rings. The highest BCUT2D eigenvalue weighted by Gasteiger charge is 2.14. The van der Waals surface area contributed by atoms with Gasteiger partial charge in [-0.05, 0) is 12.1 Å². The second-order valence-corrected chi connectivity index (χ2v) is 5.76. The van der Waals surface area contributed by atoms with Crippen LogP contribution in [0.15, 0.2) is 29.6 Å². The molecule has 2 rings (SSSR count). The van der Waals surface area contributed by atoms with Crippen molar-refractivity contribution in [2.75, 3.05) is 6.54 Å². The first kappa shape index (κ1) is 14.1. The molecule has 0 spiro atoms. The minimum Gasteiger partial charge on any atom is -0.321 e. The third-order valence-electron chi connectivity index (χ3n) is 2.61. The molecule has 0 unspecified atom stereocenters. The average molecular weight is 292 g/mol. The molecule has 0 aliphatic heterocycles. The molecule has 0 atom stereocenters. The number of rotatable bonds is 5. The molecule has 2 heterocycles. The molecular weight excluding hydrogens is 280 g/mol. The molecule has 0 aliphatic rings. The number of pyridine rings is 1. The molecule has 0 radical (unpaired) electrons. The molecule has 0 aliphatic carbocycles. The molecule has 104 valence electrons. The maximum absolute atomic E-state index is 12.0. The topological polar surface area (TPSA) is 114 Å². The maximum atomic E-state index is 12.0. The average Bonchev–Trinajstić information content (AvgIpc) is 2.84. The van der Waals surface area contributed by atoms with Crippen molar-refractivity contribution >= 4 is 10.0 Å². The molecule has 0 aromatic carbocycles. The summed E-state index contributed by atoms with van der Waals surface area (Å²) in [4.78, 5) is 3.75. The van der Waals surface area contributed by atoms with E-state index in [9.17, 15) is 8.42 Å². The van der Waals surface area contributed by atoms with Crippen LogP contribution in [-0.4, -0.2) is 34.7 Å². The number of nitriles is 1. The van der Waals surface area contributed by atoms with E-state index in [2.05, 4.69) is 19.9 Å². The summed E-state index contributed by atoms with van der Waals surface area (Å²) in [5.74, 6) is 0.686. The van der Waals surface area contributed by atoms with E-state index in [0.29, 0.717) is 12.2 Å². The third kappa shape index (κ3) is 3.17. The fraction of sp³-hybridized carbons (Fsp3) is 0.273. The standard InChI is InChI=1S/C11H12N6O2S/c1-17-8-14-16-11(17)4-5-15-20(18,19)10-3-2-9(6-12)13-7-10/h2-3,7-8,15H,4-5H2,1H3. The van der Waals surface area contributed by atoms with Crippen LogP contribution in [0.2, 0.25) is 0 Å². The van der Waals surface area contributed by atoms with Gasteiger partial charge < -0.3 is 4.57 Å². The second kappa shape index (κ2) is 5.77. The molecule has 0 amide bonds. The van der Waals surface area contributed by atoms with Gasteiger partial charge in [-0.25, -0.2) is 18.1 Å². The number of sulfonamides is 1. The minimum atomic E-state index is -3.63. The largest absolute Gasteiger partial charge is 0.321 e. The van der Waals surface area contributed by atoms with Crippen molar-refractivity contribution in [1.29, 1.82) is 5.26 Å². The summed E-state index contributed by atoms with van der Waals surface area (Å²) in [6, 6.07) is 4.53. The fourth-order valence-corrected chi connectivity index (χ4v) is 2.50. The molecule has 0 saturated heterocycles. The van der Waals surface area contributed by atoms with E-state index in [1.807, 2.05) is 6.07 Å². The van der Waals surface area contributed by atoms with Gasteiger partial charge in [0.05, 0.1) is 0 Å². The van der Waals surface area contributed by atoms with Crippen molar-refractivity contribution < 1.29 is 8.42 Å². The van der Waals surface area contributed by atoms with Gasteiger partial charge in [-0.3, -0.25) is 0 Å². The van der Waals surface area contributed by atoms with Crippen LogP contribution >= 0.6 is 0 Å². The Labute approximate surface area is 116 Å². The van der Waals surface area contributed by atoms with E-state index in [-0.39, 0.29) is 17.1 Å². The van der Waals surface area contributed by atoms with Crippen LogP contribution in [0.3, 0.4) is 0 Å². The Balaban J connectivity index is 2.00. The van der Waals surface area contributed by atoms with E-state index >= 15 is 0 Å². The van der Waals surface area contributed by atoms with Gasteiger partial charge in [-0.1, -0.05) is 0 Å². The highest BCUT2D eigenvalue weighted by atomic mass is 32.2. The molecule has 9 heteroatoms. The lowest BCUT2D eigenvalue weighted by molar-refractivity contribution is 0.579. The number of nitrogens with zero attached hydrogens (tertiary/aromatic N) is 5. The molecule has 2 aromatic heterocycles. The Kier molecular flexibility index (Phi) is 4.07. The van der Waals surface area contributed by atoms with Gasteiger partial charge in [0.2, 0.25) is 10.0 Å². The Bertz CT molecular complexity index is 729. The van der Waals surface area contributed by atoms with Crippen LogP contribution in [0, 0.1) is 11.3 Å². The number of aromatic nitrogens is 4. The van der Waals surface area contributed by atoms with Gasteiger partial charge in [0, 0.05) is 26.2 Å². The van der Waals surface area contributed by atoms with Gasteiger partial charge in [-0.15, -0.1) is 10.2 Å². The molecular formula is C11H12N6O2S. The third-order valence-corrected chi connectivity index (χ3v) is 4.05. The zero-order chi connectivity index (χ0) is 14.6. The Morgan fingerprint density at radius 3 is 2.80 bits per heavy atom. The van der Waals surface area contributed by atoms with E-state index in [1.165, 1.54) is 12.1 Å². The SMILES string of the molecule is Cn1cnnc1CCNS(=O)(=O)c1ccc(C#N)nc1. The van der Waals surface area contributed by atoms with Crippen LogP contribution in [0.4, 0.5) is 0 Å². The van der Waals surface area contributed by atoms with Crippen LogP contribution in [0.25, 0.3) is 0 Å². The summed E-state index contributed by atoms with van der Waals surface area (Å²) in [6.45, 7) is 0.203. The van der Waals surface area contributed by atoms with E-state index in [1.54, 1.807) is 17.9 Å². The highest BCUT2D eigenvalue weighted by molar-refractivity contribution is 7.89. The predicted molar refractivity (Wildman–Crippen MR) is 68.8 cm³/mol. The van der Waals surface area contributed by atoms with E-state index in [0.717, 1.165) is 6.20 Å². The first-order chi connectivity index (χ1) is 9.53. The summed E-state index contributed by atoms with van der Waals surface area (Å²) >= 11 is 0. The Hall–Kier alpha value is -2.31. The number of hydrogen-bond donors (Lipinski definition) is 1. The number of aryl methyl sites for hydroxylation is 1. The van der Waals surface area contributed by atoms with Crippen molar-refractivity contribution in [3.63, 3.8) is 0 Å². The Morgan fingerprint density at radius 1 is 1.45 bits per heavy atom. The summed E-state index contributed by atoms with van der Waals surface area (Å²) < 4.78 is 28.1. The summed E-state index contributed by atoms with van der Waals surface area (Å²) in [5.41, 5.74) is 0.169. The summed E-state index contributed by atoms with van der Waals surface area (Å²) in [7, 11) is -1.84. The van der Waals surface area contributed by atoms with Gasteiger partial charge in [-0.2, -0.15) is 5.26 Å². The number of hydrogen-bond acceptors (Lipinski definition) is 6. The maximum Gasteiger partial charge on any atom is 0.242 e. The van der Waals surface area contributed by atoms with Gasteiger partial charge in [0.1, 0.15) is 28.8 Å². The molecule has 20 heavy (non-hydrogen) atoms. The lowest BCUT2D eigenvalue weighted by atomic mass is 10.4. The smallest absolute Gasteiger partial charge is 0.242 e. The molecule has 1 N–H and O–H groups in total. The van der Waals surface area contributed by atoms with Crippen molar-refractivity contribution in [2.45, 2.75) is 11.3 Å². The molecule has 8 nitrogen and oxygen atoms in total. The van der Waals surface area contributed by atoms with E-state index < -0.39 is 10.0 Å². The van der Waals surface area contributed by atoms with Crippen molar-refractivity contribution in [1.82, 2.24) is 24.5 Å². The summed E-state index contributed by atoms with van der Waals surface area (Å²) in [5, 5.41) is 16.2. The van der Waals surface area contributed by atoms with Crippen LogP contribution < -0.4 is 4.72 Å². The second-order valence-electron chi connectivity index (χ2n) is 4.00. The van der Waals surface area contributed by atoms with Crippen LogP contribution in [0.5, 0.6) is 0 Å². The van der Waals surface area contributed by atoms with Crippen molar-refractivity contribution in [2.24, 2.45) is 7.05 Å². The first-order valence-electron chi connectivity index (χ1n) is 5.71. The molecule has 0 fully saturated rings. The zero-order valence-electron chi connectivity index (χ0n) is 10.7. The first-order valence-corrected chi connectivity index (χ1v) is 7.20. The van der Waals surface area contributed by atoms with Gasteiger partial charge in [0.15, 0.2) is 0 Å². The van der Waals surface area contributed by atoms with Crippen molar-refractivity contribution in [3.05, 3.63) is 36.2 Å². The monoisotopic (exact) mass is 292 g/mol. The summed E-state index contributed by atoms with van der Waals surface area (Å²) in [6.07, 6.45) is 3.14. The Morgan fingerprint density at radius 2 is 2.25 bits per heavy atom. The lowest BCUT2D eigenvalue weighted by Crippen LogP contribution is -2.26. The zero-order valence-corrected chi connectivity index (χ0v) is 11.5. The minimum absolute atomic E-state index is 0.0227. The molecule has 0 saturated carbocycles. The van der Waals surface area contributed by atoms with Crippen molar-refractivity contribution in [3.8, 4) is 6.07 Å². The van der Waals surface area contributed by atoms with Gasteiger partial charge in [0.25, 0.3) is 0 Å². The lowest BCUT2D eigenvalue weighted by Gasteiger charge is -2.06. The molecule has 0 bridgehead atoms. The quantitative estimate of drug-likeness (QED) is 0.802. The fourth-order valence-electron chi connectivity index (χ4n) is 1.52. The predicted octanol–water partition coefficient (Wildman–Crippen LogP) is -0.397. The number of nitrogens with one attached hydrogen (secondary N) is 1. The van der Waals surface area contributed by atoms with E-state index in [4.69, 9.17) is 5.26 Å².